The Morgan fingerprint density at radius 1 is 0.955 bits per heavy atom. The molecule has 11 nitrogen and oxygen atoms in total. The first kappa shape index (κ1) is 33.8. The van der Waals surface area contributed by atoms with E-state index in [1.54, 1.807) is 20.8 Å². The molecule has 4 N–H and O–H groups in total. The molecular weight excluding hydrogens is 576 g/mol. The smallest absolute Gasteiger partial charge is 0.289 e. The van der Waals surface area contributed by atoms with Gasteiger partial charge < -0.3 is 26.2 Å². The summed E-state index contributed by atoms with van der Waals surface area (Å²) >= 11 is 0. The number of ketones is 1. The number of carbonyl (C=O) groups excluding carboxylic acids is 6. The highest BCUT2D eigenvalue weighted by Gasteiger charge is 2.52. The van der Waals surface area contributed by atoms with E-state index in [9.17, 15) is 37.5 Å². The fraction of sp³-hybridized carbons (Fsp3) is 0.806. The van der Waals surface area contributed by atoms with Crippen LogP contribution in [0.15, 0.2) is 0 Å². The average Bonchev–Trinajstić information content (AvgIpc) is 3.59. The lowest BCUT2D eigenvalue weighted by molar-refractivity contribution is -0.156. The monoisotopic (exact) mass is 623 g/mol. The van der Waals surface area contributed by atoms with Crippen LogP contribution in [0.2, 0.25) is 0 Å². The maximum Gasteiger partial charge on any atom is 0.289 e. The minimum atomic E-state index is -2.93. The largest absolute Gasteiger partial charge is 0.356 e. The normalized spacial score (nSPS) is 24.2. The van der Waals surface area contributed by atoms with Crippen LogP contribution in [0.5, 0.6) is 0 Å². The Bertz CT molecular complexity index is 1140. The molecule has 4 atom stereocenters. The predicted molar refractivity (Wildman–Crippen MR) is 156 cm³/mol. The van der Waals surface area contributed by atoms with E-state index in [2.05, 4.69) is 21.3 Å². The number of alkyl halides is 2. The van der Waals surface area contributed by atoms with Crippen LogP contribution in [-0.4, -0.2) is 83.9 Å². The molecule has 3 aliphatic carbocycles. The minimum Gasteiger partial charge on any atom is -0.356 e. The lowest BCUT2D eigenvalue weighted by Gasteiger charge is -2.43. The summed E-state index contributed by atoms with van der Waals surface area (Å²) in [5.74, 6) is -8.30. The third kappa shape index (κ3) is 8.32. The first-order valence-corrected chi connectivity index (χ1v) is 16.0. The van der Waals surface area contributed by atoms with Gasteiger partial charge in [0.1, 0.15) is 12.1 Å². The number of carbonyl (C=O) groups is 6. The van der Waals surface area contributed by atoms with Crippen molar-refractivity contribution in [2.24, 2.45) is 23.2 Å². The summed E-state index contributed by atoms with van der Waals surface area (Å²) in [4.78, 5) is 80.8. The molecule has 246 valence electrons. The zero-order valence-electron chi connectivity index (χ0n) is 26.2. The Morgan fingerprint density at radius 2 is 1.59 bits per heavy atom. The van der Waals surface area contributed by atoms with Gasteiger partial charge in [0.15, 0.2) is 0 Å². The lowest BCUT2D eigenvalue weighted by atomic mass is 9.75. The maximum absolute atomic E-state index is 14.0. The van der Waals surface area contributed by atoms with Gasteiger partial charge in [-0.15, -0.1) is 0 Å². The summed E-state index contributed by atoms with van der Waals surface area (Å²) in [6.45, 7) is 5.47. The van der Waals surface area contributed by atoms with Crippen molar-refractivity contribution in [3.8, 4) is 0 Å². The molecule has 4 fully saturated rings. The number of likely N-dealkylation sites (N-methyl/N-ethyl adjacent to an activating group) is 1. The SMILES string of the molecule is CN(C(=O)[C@H](NC(=O)C(C)(C)C)C1CC(F)(F)C1)[C@H](C(=O)N[C@@H](C[C@@H]1CCCNC1=O)C(=O)C(=O)NC1CC1)C1CCCC1. The molecule has 13 heteroatoms. The third-order valence-electron chi connectivity index (χ3n) is 9.40. The maximum atomic E-state index is 14.0. The van der Waals surface area contributed by atoms with Crippen molar-refractivity contribution in [3.63, 3.8) is 0 Å². The summed E-state index contributed by atoms with van der Waals surface area (Å²) in [5.41, 5.74) is -0.883. The Kier molecular flexibility index (Phi) is 10.3. The number of hydrogen-bond donors (Lipinski definition) is 4. The second-order valence-electron chi connectivity index (χ2n) is 14.2. The highest BCUT2D eigenvalue weighted by molar-refractivity contribution is 6.38. The number of Topliss-reactive ketones (excluding diaryl/α,β-unsaturated/α-hetero) is 1. The molecule has 5 amide bonds. The number of piperidine rings is 1. The molecule has 1 saturated heterocycles. The number of rotatable bonds is 12. The molecule has 4 rings (SSSR count). The Balaban J connectivity index is 1.57. The van der Waals surface area contributed by atoms with E-state index in [4.69, 9.17) is 0 Å². The van der Waals surface area contributed by atoms with Gasteiger partial charge in [-0.2, -0.15) is 0 Å². The van der Waals surface area contributed by atoms with E-state index in [1.807, 2.05) is 0 Å². The summed E-state index contributed by atoms with van der Waals surface area (Å²) in [5, 5.41) is 10.8. The van der Waals surface area contributed by atoms with Gasteiger partial charge in [-0.05, 0) is 56.8 Å². The standard InChI is InChI=1S/C31H47F2N5O6/c1-30(2,3)29(44)37-22(19-15-31(32,33)16-19)28(43)38(4)23(17-8-5-6-9-17)26(41)36-21(14-18-10-7-13-34-25(18)40)24(39)27(42)35-20-11-12-20/h17-23H,5-16H2,1-4H3,(H,34,40)(H,35,42)(H,36,41)(H,37,44)/t18-,21-,22+,23-/m0/s1. The molecule has 0 unspecified atom stereocenters. The zero-order chi connectivity index (χ0) is 32.4. The second-order valence-corrected chi connectivity index (χ2v) is 14.2. The molecule has 1 aliphatic heterocycles. The number of nitrogens with one attached hydrogen (secondary N) is 4. The van der Waals surface area contributed by atoms with Gasteiger partial charge in [0.2, 0.25) is 35.3 Å². The molecule has 44 heavy (non-hydrogen) atoms. The van der Waals surface area contributed by atoms with Crippen LogP contribution in [-0.2, 0) is 28.8 Å². The Labute approximate surface area is 257 Å². The molecule has 0 radical (unpaired) electrons. The fourth-order valence-electron chi connectivity index (χ4n) is 6.49. The molecule has 1 heterocycles. The molecule has 0 spiro atoms. The highest BCUT2D eigenvalue weighted by Crippen LogP contribution is 2.45. The fourth-order valence-corrected chi connectivity index (χ4v) is 6.49. The van der Waals surface area contributed by atoms with E-state index in [1.165, 1.54) is 11.9 Å². The van der Waals surface area contributed by atoms with Crippen molar-refractivity contribution >= 4 is 35.3 Å². The third-order valence-corrected chi connectivity index (χ3v) is 9.40. The molecule has 4 aliphatic rings. The van der Waals surface area contributed by atoms with Crippen molar-refractivity contribution in [1.82, 2.24) is 26.2 Å². The molecular formula is C31H47F2N5O6. The first-order chi connectivity index (χ1) is 20.6. The second kappa shape index (κ2) is 13.5. The van der Waals surface area contributed by atoms with Crippen LogP contribution in [0.4, 0.5) is 8.78 Å². The molecule has 0 aromatic heterocycles. The van der Waals surface area contributed by atoms with Crippen LogP contribution < -0.4 is 21.3 Å². The molecule has 0 aromatic carbocycles. The lowest BCUT2D eigenvalue weighted by Crippen LogP contribution is -2.62. The van der Waals surface area contributed by atoms with Crippen LogP contribution in [0.25, 0.3) is 0 Å². The van der Waals surface area contributed by atoms with Crippen molar-refractivity contribution in [3.05, 3.63) is 0 Å². The number of hydrogen-bond acceptors (Lipinski definition) is 6. The average molecular weight is 624 g/mol. The molecule has 3 saturated carbocycles. The van der Waals surface area contributed by atoms with Crippen LogP contribution in [0, 0.1) is 23.2 Å². The Morgan fingerprint density at radius 3 is 2.14 bits per heavy atom. The minimum absolute atomic E-state index is 0.0645. The molecule has 0 aromatic rings. The van der Waals surface area contributed by atoms with Gasteiger partial charge in [0, 0.05) is 43.8 Å². The van der Waals surface area contributed by atoms with Gasteiger partial charge in [-0.3, -0.25) is 28.8 Å². The van der Waals surface area contributed by atoms with E-state index in [0.717, 1.165) is 25.7 Å². The van der Waals surface area contributed by atoms with Crippen molar-refractivity contribution < 1.29 is 37.5 Å². The summed E-state index contributed by atoms with van der Waals surface area (Å²) in [7, 11) is 1.42. The quantitative estimate of drug-likeness (QED) is 0.243. The number of halogens is 2. The Hall–Kier alpha value is -3.12. The van der Waals surface area contributed by atoms with Gasteiger partial charge in [-0.1, -0.05) is 33.6 Å². The summed E-state index contributed by atoms with van der Waals surface area (Å²) in [6.07, 6.45) is 4.44. The van der Waals surface area contributed by atoms with Gasteiger partial charge in [-0.25, -0.2) is 8.78 Å². The summed E-state index contributed by atoms with van der Waals surface area (Å²) in [6, 6.07) is -3.70. The van der Waals surface area contributed by atoms with Crippen molar-refractivity contribution in [1.29, 1.82) is 0 Å². The predicted octanol–water partition coefficient (Wildman–Crippen LogP) is 1.83. The zero-order valence-corrected chi connectivity index (χ0v) is 26.2. The van der Waals surface area contributed by atoms with Gasteiger partial charge in [0.25, 0.3) is 5.91 Å². The van der Waals surface area contributed by atoms with Gasteiger partial charge >= 0.3 is 0 Å². The summed E-state index contributed by atoms with van der Waals surface area (Å²) < 4.78 is 27.8. The number of nitrogens with zero attached hydrogens (tertiary/aromatic N) is 1. The van der Waals surface area contributed by atoms with E-state index in [0.29, 0.717) is 32.2 Å². The van der Waals surface area contributed by atoms with E-state index >= 15 is 0 Å². The number of amides is 5. The first-order valence-electron chi connectivity index (χ1n) is 16.0. The van der Waals surface area contributed by atoms with Crippen LogP contribution in [0.3, 0.4) is 0 Å². The molecule has 0 bridgehead atoms. The van der Waals surface area contributed by atoms with Crippen LogP contribution >= 0.6 is 0 Å². The van der Waals surface area contributed by atoms with Crippen molar-refractivity contribution in [2.75, 3.05) is 13.6 Å². The van der Waals surface area contributed by atoms with Crippen LogP contribution in [0.1, 0.15) is 91.4 Å². The van der Waals surface area contributed by atoms with E-state index < -0.39 is 83.6 Å². The van der Waals surface area contributed by atoms with Gasteiger partial charge in [0.05, 0.1) is 6.04 Å². The topological polar surface area (TPSA) is 154 Å². The highest BCUT2D eigenvalue weighted by atomic mass is 19.3. The van der Waals surface area contributed by atoms with E-state index in [-0.39, 0.29) is 24.3 Å². The van der Waals surface area contributed by atoms with Crippen molar-refractivity contribution in [2.45, 2.75) is 121 Å².